The molecule has 0 spiro atoms. The number of aromatic nitrogens is 4. The van der Waals surface area contributed by atoms with Crippen LogP contribution in [0.2, 0.25) is 0 Å². The molecule has 1 aromatic carbocycles. The van der Waals surface area contributed by atoms with Crippen LogP contribution in [0.25, 0.3) is 11.0 Å². The third-order valence-electron chi connectivity index (χ3n) is 3.81. The van der Waals surface area contributed by atoms with Crippen LogP contribution in [0, 0.1) is 0 Å². The lowest BCUT2D eigenvalue weighted by atomic mass is 10.1. The van der Waals surface area contributed by atoms with Crippen LogP contribution in [0.15, 0.2) is 42.7 Å². The maximum atomic E-state index is 4.71. The van der Waals surface area contributed by atoms with Crippen molar-refractivity contribution in [2.75, 3.05) is 18.0 Å². The van der Waals surface area contributed by atoms with Gasteiger partial charge in [-0.1, -0.05) is 12.1 Å². The van der Waals surface area contributed by atoms with Crippen molar-refractivity contribution >= 4 is 17.0 Å². The summed E-state index contributed by atoms with van der Waals surface area (Å²) in [5.74, 6) is 1.05. The molecule has 96 valence electrons. The van der Waals surface area contributed by atoms with Crippen molar-refractivity contribution in [3.05, 3.63) is 42.7 Å². The summed E-state index contributed by atoms with van der Waals surface area (Å²) in [6.07, 6.45) is 3.86. The van der Waals surface area contributed by atoms with Gasteiger partial charge in [0, 0.05) is 32.5 Å². The van der Waals surface area contributed by atoms with E-state index in [4.69, 9.17) is 4.98 Å². The third-order valence-corrected chi connectivity index (χ3v) is 3.81. The number of aryl methyl sites for hydroxylation is 1. The van der Waals surface area contributed by atoms with Crippen LogP contribution < -0.4 is 4.90 Å². The summed E-state index contributed by atoms with van der Waals surface area (Å²) >= 11 is 0. The monoisotopic (exact) mass is 253 g/mol. The number of hydrogen-bond acceptors (Lipinski definition) is 3. The van der Waals surface area contributed by atoms with Gasteiger partial charge in [0.1, 0.15) is 0 Å². The standard InChI is InChI=1S/C14H15N5/c1-17-13-6-3-2-5-12(13)16-14(17)18-9-11(10-18)19-8-4-7-15-19/h2-8,11H,9-10H2,1H3. The Morgan fingerprint density at radius 2 is 2.00 bits per heavy atom. The van der Waals surface area contributed by atoms with Crippen LogP contribution >= 0.6 is 0 Å². The van der Waals surface area contributed by atoms with E-state index in [2.05, 4.69) is 39.8 Å². The zero-order chi connectivity index (χ0) is 12.8. The van der Waals surface area contributed by atoms with Gasteiger partial charge in [-0.3, -0.25) is 4.68 Å². The fourth-order valence-corrected chi connectivity index (χ4v) is 2.70. The fourth-order valence-electron chi connectivity index (χ4n) is 2.70. The molecule has 1 aliphatic heterocycles. The molecular weight excluding hydrogens is 238 g/mol. The molecule has 0 aliphatic carbocycles. The normalized spacial score (nSPS) is 15.9. The number of rotatable bonds is 2. The Hall–Kier alpha value is -2.30. The summed E-state index contributed by atoms with van der Waals surface area (Å²) in [6, 6.07) is 10.7. The second-order valence-electron chi connectivity index (χ2n) is 5.00. The maximum absolute atomic E-state index is 4.71. The first-order valence-electron chi connectivity index (χ1n) is 6.48. The summed E-state index contributed by atoms with van der Waals surface area (Å²) in [7, 11) is 2.08. The van der Waals surface area contributed by atoms with E-state index in [1.807, 2.05) is 29.2 Å². The summed E-state index contributed by atoms with van der Waals surface area (Å²) in [5, 5.41) is 4.29. The van der Waals surface area contributed by atoms with Crippen LogP contribution in [-0.2, 0) is 7.05 Å². The molecule has 19 heavy (non-hydrogen) atoms. The average Bonchev–Trinajstić information content (AvgIpc) is 2.98. The largest absolute Gasteiger partial charge is 0.338 e. The molecule has 3 aromatic rings. The number of para-hydroxylation sites is 2. The number of hydrogen-bond donors (Lipinski definition) is 0. The van der Waals surface area contributed by atoms with E-state index in [1.165, 1.54) is 5.52 Å². The molecule has 0 unspecified atom stereocenters. The van der Waals surface area contributed by atoms with Crippen molar-refractivity contribution < 1.29 is 0 Å². The minimum atomic E-state index is 0.467. The Morgan fingerprint density at radius 1 is 1.16 bits per heavy atom. The highest BCUT2D eigenvalue weighted by Crippen LogP contribution is 2.28. The SMILES string of the molecule is Cn1c(N2CC(n3cccn3)C2)nc2ccccc21. The van der Waals surface area contributed by atoms with Crippen molar-refractivity contribution in [3.63, 3.8) is 0 Å². The molecular formula is C14H15N5. The predicted octanol–water partition coefficient (Wildman–Crippen LogP) is 1.83. The van der Waals surface area contributed by atoms with Crippen LogP contribution in [0.1, 0.15) is 6.04 Å². The molecule has 5 nitrogen and oxygen atoms in total. The first-order valence-corrected chi connectivity index (χ1v) is 6.48. The van der Waals surface area contributed by atoms with Crippen LogP contribution in [-0.4, -0.2) is 32.4 Å². The van der Waals surface area contributed by atoms with Crippen molar-refractivity contribution in [2.45, 2.75) is 6.04 Å². The van der Waals surface area contributed by atoms with E-state index < -0.39 is 0 Å². The van der Waals surface area contributed by atoms with Crippen LogP contribution in [0.4, 0.5) is 5.95 Å². The number of anilines is 1. The lowest BCUT2D eigenvalue weighted by molar-refractivity contribution is 0.361. The summed E-state index contributed by atoms with van der Waals surface area (Å²) in [6.45, 7) is 1.94. The number of nitrogens with zero attached hydrogens (tertiary/aromatic N) is 5. The quantitative estimate of drug-likeness (QED) is 0.699. The van der Waals surface area contributed by atoms with Gasteiger partial charge in [-0.2, -0.15) is 5.10 Å². The topological polar surface area (TPSA) is 38.9 Å². The minimum Gasteiger partial charge on any atom is -0.338 e. The zero-order valence-electron chi connectivity index (χ0n) is 10.8. The lowest BCUT2D eigenvalue weighted by Gasteiger charge is -2.39. The molecule has 3 heterocycles. The fraction of sp³-hybridized carbons (Fsp3) is 0.286. The molecule has 0 atom stereocenters. The van der Waals surface area contributed by atoms with E-state index in [-0.39, 0.29) is 0 Å². The van der Waals surface area contributed by atoms with Gasteiger partial charge in [-0.15, -0.1) is 0 Å². The summed E-state index contributed by atoms with van der Waals surface area (Å²) in [4.78, 5) is 7.01. The van der Waals surface area contributed by atoms with E-state index in [0.29, 0.717) is 6.04 Å². The van der Waals surface area contributed by atoms with Gasteiger partial charge in [-0.25, -0.2) is 4.98 Å². The van der Waals surface area contributed by atoms with Gasteiger partial charge < -0.3 is 9.47 Å². The molecule has 4 rings (SSSR count). The molecule has 1 fully saturated rings. The van der Waals surface area contributed by atoms with Crippen molar-refractivity contribution in [3.8, 4) is 0 Å². The summed E-state index contributed by atoms with van der Waals surface area (Å²) < 4.78 is 4.19. The van der Waals surface area contributed by atoms with Crippen molar-refractivity contribution in [1.82, 2.24) is 19.3 Å². The predicted molar refractivity (Wildman–Crippen MR) is 74.2 cm³/mol. The van der Waals surface area contributed by atoms with Crippen LogP contribution in [0.3, 0.4) is 0 Å². The van der Waals surface area contributed by atoms with Gasteiger partial charge in [0.2, 0.25) is 5.95 Å². The molecule has 1 aliphatic rings. The number of fused-ring (bicyclic) bond motifs is 1. The molecule has 0 saturated carbocycles. The first kappa shape index (κ1) is 10.6. The zero-order valence-corrected chi connectivity index (χ0v) is 10.8. The van der Waals surface area contributed by atoms with Gasteiger partial charge >= 0.3 is 0 Å². The average molecular weight is 253 g/mol. The molecule has 0 bridgehead atoms. The second-order valence-corrected chi connectivity index (χ2v) is 5.00. The van der Waals surface area contributed by atoms with E-state index in [1.54, 1.807) is 0 Å². The van der Waals surface area contributed by atoms with E-state index in [9.17, 15) is 0 Å². The molecule has 5 heteroatoms. The van der Waals surface area contributed by atoms with E-state index in [0.717, 1.165) is 24.6 Å². The van der Waals surface area contributed by atoms with E-state index >= 15 is 0 Å². The molecule has 0 radical (unpaired) electrons. The van der Waals surface area contributed by atoms with Crippen LogP contribution in [0.5, 0.6) is 0 Å². The Kier molecular flexibility index (Phi) is 2.15. The van der Waals surface area contributed by atoms with Gasteiger partial charge in [-0.05, 0) is 18.2 Å². The molecule has 2 aromatic heterocycles. The highest BCUT2D eigenvalue weighted by molar-refractivity contribution is 5.78. The first-order chi connectivity index (χ1) is 9.33. The third kappa shape index (κ3) is 1.54. The Morgan fingerprint density at radius 3 is 2.74 bits per heavy atom. The lowest BCUT2D eigenvalue weighted by Crippen LogP contribution is -2.49. The van der Waals surface area contributed by atoms with Crippen molar-refractivity contribution in [2.24, 2.45) is 7.05 Å². The Bertz CT molecular complexity index is 707. The maximum Gasteiger partial charge on any atom is 0.206 e. The van der Waals surface area contributed by atoms with Crippen molar-refractivity contribution in [1.29, 1.82) is 0 Å². The number of imidazole rings is 1. The molecule has 0 N–H and O–H groups in total. The molecule has 1 saturated heterocycles. The highest BCUT2D eigenvalue weighted by Gasteiger charge is 2.31. The Labute approximate surface area is 111 Å². The number of benzene rings is 1. The van der Waals surface area contributed by atoms with Gasteiger partial charge in [0.25, 0.3) is 0 Å². The van der Waals surface area contributed by atoms with Gasteiger partial charge in [0.05, 0.1) is 17.1 Å². The summed E-state index contributed by atoms with van der Waals surface area (Å²) in [5.41, 5.74) is 2.24. The second kappa shape index (κ2) is 3.85. The van der Waals surface area contributed by atoms with Gasteiger partial charge in [0.15, 0.2) is 0 Å². The Balaban J connectivity index is 1.61. The highest BCUT2D eigenvalue weighted by atomic mass is 15.4. The smallest absolute Gasteiger partial charge is 0.206 e. The molecule has 0 amide bonds. The minimum absolute atomic E-state index is 0.467.